The Morgan fingerprint density at radius 1 is 0.900 bits per heavy atom. The first-order valence-corrected chi connectivity index (χ1v) is 10.0. The first-order valence-electron chi connectivity index (χ1n) is 9.14. The van der Waals surface area contributed by atoms with Crippen molar-refractivity contribution in [1.29, 1.82) is 0 Å². The Morgan fingerprint density at radius 2 is 1.70 bits per heavy atom. The van der Waals surface area contributed by atoms with E-state index in [-0.39, 0.29) is 18.2 Å². The van der Waals surface area contributed by atoms with Gasteiger partial charge in [-0.15, -0.1) is 11.3 Å². The third-order valence-corrected chi connectivity index (χ3v) is 5.04. The molecule has 0 fully saturated rings. The van der Waals surface area contributed by atoms with Crippen LogP contribution in [0.5, 0.6) is 0 Å². The average Bonchev–Trinajstić information content (AvgIpc) is 3.23. The molecule has 0 saturated carbocycles. The van der Waals surface area contributed by atoms with Crippen molar-refractivity contribution in [2.45, 2.75) is 6.42 Å². The summed E-state index contributed by atoms with van der Waals surface area (Å²) in [6, 6.07) is 15.9. The van der Waals surface area contributed by atoms with Crippen LogP contribution in [-0.4, -0.2) is 26.8 Å². The summed E-state index contributed by atoms with van der Waals surface area (Å²) in [6.45, 7) is 0. The van der Waals surface area contributed by atoms with Crippen molar-refractivity contribution in [3.05, 3.63) is 89.8 Å². The van der Waals surface area contributed by atoms with Crippen molar-refractivity contribution >= 4 is 34.5 Å². The van der Waals surface area contributed by atoms with Gasteiger partial charge < -0.3 is 10.6 Å². The molecule has 0 aliphatic heterocycles. The number of nitrogens with zero attached hydrogens (tertiary/aromatic N) is 3. The predicted molar refractivity (Wildman–Crippen MR) is 116 cm³/mol. The Hall–Kier alpha value is -3.91. The second-order valence-electron chi connectivity index (χ2n) is 6.35. The molecule has 3 heterocycles. The van der Waals surface area contributed by atoms with Crippen LogP contribution in [-0.2, 0) is 11.2 Å². The maximum Gasteiger partial charge on any atom is 0.255 e. The van der Waals surface area contributed by atoms with E-state index in [1.54, 1.807) is 55.0 Å². The second-order valence-corrected chi connectivity index (χ2v) is 7.21. The maximum absolute atomic E-state index is 12.4. The summed E-state index contributed by atoms with van der Waals surface area (Å²) >= 11 is 1.45. The Bertz CT molecular complexity index is 1160. The molecule has 0 aliphatic carbocycles. The summed E-state index contributed by atoms with van der Waals surface area (Å²) in [6.07, 6.45) is 4.98. The minimum Gasteiger partial charge on any atom is -0.326 e. The molecule has 2 N–H and O–H groups in total. The number of aromatic nitrogens is 3. The molecule has 7 nitrogen and oxygen atoms in total. The number of thiazole rings is 1. The lowest BCUT2D eigenvalue weighted by atomic mass is 10.2. The fraction of sp³-hybridized carbons (Fsp3) is 0.0455. The van der Waals surface area contributed by atoms with Crippen LogP contribution in [0.25, 0.3) is 10.7 Å². The van der Waals surface area contributed by atoms with Crippen LogP contribution in [0, 0.1) is 0 Å². The summed E-state index contributed by atoms with van der Waals surface area (Å²) < 4.78 is 0. The monoisotopic (exact) mass is 415 g/mol. The van der Waals surface area contributed by atoms with Gasteiger partial charge in [0.2, 0.25) is 5.91 Å². The summed E-state index contributed by atoms with van der Waals surface area (Å²) in [5.74, 6) is -0.434. The van der Waals surface area contributed by atoms with Gasteiger partial charge in [0.05, 0.1) is 17.8 Å². The van der Waals surface area contributed by atoms with Gasteiger partial charge in [-0.3, -0.25) is 19.6 Å². The molecule has 0 bridgehead atoms. The molecule has 30 heavy (non-hydrogen) atoms. The van der Waals surface area contributed by atoms with Crippen LogP contribution < -0.4 is 10.6 Å². The highest BCUT2D eigenvalue weighted by molar-refractivity contribution is 7.13. The Morgan fingerprint density at radius 3 is 2.47 bits per heavy atom. The van der Waals surface area contributed by atoms with Crippen LogP contribution >= 0.6 is 11.3 Å². The smallest absolute Gasteiger partial charge is 0.255 e. The lowest BCUT2D eigenvalue weighted by Crippen LogP contribution is -2.15. The van der Waals surface area contributed by atoms with Crippen LogP contribution in [0.3, 0.4) is 0 Å². The molecule has 0 spiro atoms. The molecular formula is C22H17N5O2S. The van der Waals surface area contributed by atoms with E-state index in [0.29, 0.717) is 22.6 Å². The second kappa shape index (κ2) is 9.06. The van der Waals surface area contributed by atoms with Gasteiger partial charge in [-0.2, -0.15) is 0 Å². The van der Waals surface area contributed by atoms with Crippen molar-refractivity contribution in [3.63, 3.8) is 0 Å². The van der Waals surface area contributed by atoms with E-state index >= 15 is 0 Å². The van der Waals surface area contributed by atoms with E-state index in [4.69, 9.17) is 0 Å². The van der Waals surface area contributed by atoms with Crippen molar-refractivity contribution in [1.82, 2.24) is 15.0 Å². The van der Waals surface area contributed by atoms with E-state index in [9.17, 15) is 9.59 Å². The molecule has 3 aromatic heterocycles. The first kappa shape index (κ1) is 19.4. The predicted octanol–water partition coefficient (Wildman–Crippen LogP) is 4.03. The molecule has 0 aliphatic rings. The van der Waals surface area contributed by atoms with E-state index in [0.717, 1.165) is 10.7 Å². The maximum atomic E-state index is 12.4. The van der Waals surface area contributed by atoms with E-state index in [2.05, 4.69) is 25.6 Å². The number of anilines is 2. The van der Waals surface area contributed by atoms with Gasteiger partial charge in [0.1, 0.15) is 5.01 Å². The van der Waals surface area contributed by atoms with Crippen LogP contribution in [0.2, 0.25) is 0 Å². The van der Waals surface area contributed by atoms with Gasteiger partial charge in [0.15, 0.2) is 0 Å². The fourth-order valence-electron chi connectivity index (χ4n) is 2.75. The highest BCUT2D eigenvalue weighted by Crippen LogP contribution is 2.22. The third kappa shape index (κ3) is 4.92. The summed E-state index contributed by atoms with van der Waals surface area (Å²) in [5.41, 5.74) is 3.15. The van der Waals surface area contributed by atoms with Gasteiger partial charge in [0.25, 0.3) is 5.91 Å². The number of amides is 2. The minimum absolute atomic E-state index is 0.150. The molecule has 0 unspecified atom stereocenters. The zero-order chi connectivity index (χ0) is 20.8. The van der Waals surface area contributed by atoms with Crippen LogP contribution in [0.15, 0.2) is 78.6 Å². The van der Waals surface area contributed by atoms with Crippen molar-refractivity contribution < 1.29 is 9.59 Å². The largest absolute Gasteiger partial charge is 0.326 e. The van der Waals surface area contributed by atoms with Gasteiger partial charge in [0, 0.05) is 40.9 Å². The standard InChI is InChI=1S/C22H17N5O2S/c28-20(13-18-14-30-22(27-18)19-6-1-2-9-24-19)25-16-4-3-5-17(12-16)26-21(29)15-7-10-23-11-8-15/h1-12,14H,13H2,(H,25,28)(H,26,29). The molecule has 2 amide bonds. The number of carbonyl (C=O) groups is 2. The molecule has 0 atom stereocenters. The number of benzene rings is 1. The highest BCUT2D eigenvalue weighted by atomic mass is 32.1. The van der Waals surface area contributed by atoms with Gasteiger partial charge in [-0.25, -0.2) is 4.98 Å². The molecular weight excluding hydrogens is 398 g/mol. The molecule has 4 rings (SSSR count). The fourth-order valence-corrected chi connectivity index (χ4v) is 3.54. The van der Waals surface area contributed by atoms with Gasteiger partial charge in [-0.1, -0.05) is 12.1 Å². The number of carbonyl (C=O) groups excluding carboxylic acids is 2. The zero-order valence-electron chi connectivity index (χ0n) is 15.8. The molecule has 1 aromatic carbocycles. The van der Waals surface area contributed by atoms with E-state index in [1.807, 2.05) is 23.6 Å². The van der Waals surface area contributed by atoms with Crippen molar-refractivity contribution in [3.8, 4) is 10.7 Å². The topological polar surface area (TPSA) is 96.9 Å². The Labute approximate surface area is 176 Å². The highest BCUT2D eigenvalue weighted by Gasteiger charge is 2.11. The van der Waals surface area contributed by atoms with Crippen LogP contribution in [0.4, 0.5) is 11.4 Å². The summed E-state index contributed by atoms with van der Waals surface area (Å²) in [4.78, 5) is 37.4. The third-order valence-electron chi connectivity index (χ3n) is 4.12. The summed E-state index contributed by atoms with van der Waals surface area (Å²) in [5, 5.41) is 8.28. The Balaban J connectivity index is 1.37. The van der Waals surface area contributed by atoms with Crippen molar-refractivity contribution in [2.75, 3.05) is 10.6 Å². The number of rotatable bonds is 6. The number of pyridine rings is 2. The molecule has 4 aromatic rings. The van der Waals surface area contributed by atoms with Crippen LogP contribution in [0.1, 0.15) is 16.1 Å². The minimum atomic E-state index is -0.245. The summed E-state index contributed by atoms with van der Waals surface area (Å²) in [7, 11) is 0. The van der Waals surface area contributed by atoms with E-state index in [1.165, 1.54) is 11.3 Å². The lowest BCUT2D eigenvalue weighted by Gasteiger charge is -2.08. The molecule has 148 valence electrons. The number of hydrogen-bond acceptors (Lipinski definition) is 6. The molecule has 8 heteroatoms. The lowest BCUT2D eigenvalue weighted by molar-refractivity contribution is -0.115. The first-order chi connectivity index (χ1) is 14.7. The van der Waals surface area contributed by atoms with Gasteiger partial charge in [-0.05, 0) is 42.5 Å². The van der Waals surface area contributed by atoms with Crippen molar-refractivity contribution in [2.24, 2.45) is 0 Å². The molecule has 0 saturated heterocycles. The number of nitrogens with one attached hydrogen (secondary N) is 2. The van der Waals surface area contributed by atoms with E-state index < -0.39 is 0 Å². The number of hydrogen-bond donors (Lipinski definition) is 2. The Kier molecular flexibility index (Phi) is 5.86. The van der Waals surface area contributed by atoms with Gasteiger partial charge >= 0.3 is 0 Å². The average molecular weight is 415 g/mol. The normalized spacial score (nSPS) is 10.4. The quantitative estimate of drug-likeness (QED) is 0.495. The SMILES string of the molecule is O=C(Cc1csc(-c2ccccn2)n1)Nc1cccc(NC(=O)c2ccncc2)c1. The zero-order valence-corrected chi connectivity index (χ0v) is 16.6. The molecule has 0 radical (unpaired) electrons.